The molecule has 0 spiro atoms. The number of aliphatic hydroxyl groups is 1. The quantitative estimate of drug-likeness (QED) is 0.741. The molecule has 1 unspecified atom stereocenters. The largest absolute Gasteiger partial charge is 0.455 e. The summed E-state index contributed by atoms with van der Waals surface area (Å²) in [7, 11) is 0. The smallest absolute Gasteiger partial charge is 0.390 e. The van der Waals surface area contributed by atoms with E-state index in [1.807, 2.05) is 0 Å². The highest BCUT2D eigenvalue weighted by molar-refractivity contribution is 4.75. The molecule has 0 aliphatic carbocycles. The van der Waals surface area contributed by atoms with Crippen LogP contribution in [-0.2, 0) is 4.74 Å². The second kappa shape index (κ2) is 5.07. The standard InChI is InChI=1S/C8H13F5O2/c1-5(2)6(14)3-15-4-7(9,10)8(11,12)13/h5-6,14H,3-4H2,1-2H3. The van der Waals surface area contributed by atoms with Gasteiger partial charge in [-0.1, -0.05) is 13.8 Å². The molecule has 0 heterocycles. The molecule has 0 amide bonds. The van der Waals surface area contributed by atoms with Crippen LogP contribution in [0.2, 0.25) is 0 Å². The molecule has 0 fully saturated rings. The second-order valence-corrected chi connectivity index (χ2v) is 3.53. The van der Waals surface area contributed by atoms with Gasteiger partial charge in [0.1, 0.15) is 6.61 Å². The van der Waals surface area contributed by atoms with Gasteiger partial charge in [-0.15, -0.1) is 0 Å². The summed E-state index contributed by atoms with van der Waals surface area (Å²) in [6.45, 7) is 0.884. The van der Waals surface area contributed by atoms with Crippen LogP contribution in [0, 0.1) is 5.92 Å². The predicted octanol–water partition coefficient (Wildman–Crippen LogP) is 2.22. The minimum absolute atomic E-state index is 0.260. The van der Waals surface area contributed by atoms with E-state index in [1.54, 1.807) is 13.8 Å². The van der Waals surface area contributed by atoms with Crippen LogP contribution in [0.15, 0.2) is 0 Å². The number of rotatable bonds is 5. The van der Waals surface area contributed by atoms with Crippen LogP contribution >= 0.6 is 0 Å². The van der Waals surface area contributed by atoms with Crippen molar-refractivity contribution in [3.05, 3.63) is 0 Å². The first-order valence-electron chi connectivity index (χ1n) is 4.28. The molecule has 92 valence electrons. The molecule has 0 saturated carbocycles. The SMILES string of the molecule is CC(C)C(O)COCC(F)(F)C(F)(F)F. The van der Waals surface area contributed by atoms with Gasteiger partial charge in [-0.2, -0.15) is 22.0 Å². The molecule has 7 heteroatoms. The van der Waals surface area contributed by atoms with E-state index in [1.165, 1.54) is 0 Å². The lowest BCUT2D eigenvalue weighted by atomic mass is 10.1. The van der Waals surface area contributed by atoms with Crippen molar-refractivity contribution in [3.8, 4) is 0 Å². The fourth-order valence-electron chi connectivity index (χ4n) is 0.582. The Kier molecular flexibility index (Phi) is 4.92. The van der Waals surface area contributed by atoms with Gasteiger partial charge in [-0.25, -0.2) is 0 Å². The van der Waals surface area contributed by atoms with Gasteiger partial charge >= 0.3 is 12.1 Å². The third-order valence-electron chi connectivity index (χ3n) is 1.76. The van der Waals surface area contributed by atoms with E-state index in [-0.39, 0.29) is 5.92 Å². The number of hydrogen-bond donors (Lipinski definition) is 1. The zero-order chi connectivity index (χ0) is 12.3. The van der Waals surface area contributed by atoms with Crippen LogP contribution in [0.5, 0.6) is 0 Å². The summed E-state index contributed by atoms with van der Waals surface area (Å²) in [4.78, 5) is 0. The monoisotopic (exact) mass is 236 g/mol. The minimum atomic E-state index is -5.62. The molecule has 0 aromatic carbocycles. The molecule has 1 N–H and O–H groups in total. The number of aliphatic hydroxyl groups excluding tert-OH is 1. The molecule has 0 rings (SSSR count). The average molecular weight is 236 g/mol. The Balaban J connectivity index is 3.96. The Morgan fingerprint density at radius 2 is 1.60 bits per heavy atom. The van der Waals surface area contributed by atoms with E-state index in [0.29, 0.717) is 0 Å². The Morgan fingerprint density at radius 3 is 1.93 bits per heavy atom. The lowest BCUT2D eigenvalue weighted by Crippen LogP contribution is -2.41. The first kappa shape index (κ1) is 14.6. The van der Waals surface area contributed by atoms with E-state index in [4.69, 9.17) is 5.11 Å². The molecule has 0 aromatic rings. The van der Waals surface area contributed by atoms with Crippen molar-refractivity contribution in [2.45, 2.75) is 32.1 Å². The van der Waals surface area contributed by atoms with Gasteiger partial charge < -0.3 is 9.84 Å². The highest BCUT2D eigenvalue weighted by Crippen LogP contribution is 2.35. The molecule has 0 aliphatic heterocycles. The summed E-state index contributed by atoms with van der Waals surface area (Å²) in [5, 5.41) is 9.07. The maximum absolute atomic E-state index is 12.3. The lowest BCUT2D eigenvalue weighted by Gasteiger charge is -2.21. The topological polar surface area (TPSA) is 29.5 Å². The zero-order valence-corrected chi connectivity index (χ0v) is 8.31. The predicted molar refractivity (Wildman–Crippen MR) is 42.7 cm³/mol. The molecule has 2 nitrogen and oxygen atoms in total. The Hall–Kier alpha value is -0.430. The van der Waals surface area contributed by atoms with E-state index >= 15 is 0 Å². The van der Waals surface area contributed by atoms with E-state index in [2.05, 4.69) is 4.74 Å². The molecule has 0 aliphatic rings. The summed E-state index contributed by atoms with van der Waals surface area (Å²) in [6, 6.07) is 0. The fraction of sp³-hybridized carbons (Fsp3) is 1.00. The molecule has 0 radical (unpaired) electrons. The molecule has 0 saturated heterocycles. The van der Waals surface area contributed by atoms with Crippen LogP contribution in [0.1, 0.15) is 13.8 Å². The van der Waals surface area contributed by atoms with E-state index < -0.39 is 31.4 Å². The third kappa shape index (κ3) is 4.74. The molecule has 15 heavy (non-hydrogen) atoms. The summed E-state index contributed by atoms with van der Waals surface area (Å²) < 4.78 is 63.5. The van der Waals surface area contributed by atoms with Gasteiger partial charge in [-0.3, -0.25) is 0 Å². The number of ether oxygens (including phenoxy) is 1. The van der Waals surface area contributed by atoms with Crippen LogP contribution in [-0.4, -0.2) is 36.5 Å². The molecule has 0 aromatic heterocycles. The van der Waals surface area contributed by atoms with Crippen molar-refractivity contribution in [2.75, 3.05) is 13.2 Å². The van der Waals surface area contributed by atoms with Crippen molar-refractivity contribution in [2.24, 2.45) is 5.92 Å². The van der Waals surface area contributed by atoms with Gasteiger partial charge in [0.15, 0.2) is 0 Å². The fourth-order valence-corrected chi connectivity index (χ4v) is 0.582. The number of hydrogen-bond acceptors (Lipinski definition) is 2. The Bertz CT molecular complexity index is 190. The van der Waals surface area contributed by atoms with Crippen molar-refractivity contribution >= 4 is 0 Å². The normalized spacial score (nSPS) is 15.8. The highest BCUT2D eigenvalue weighted by Gasteiger charge is 2.57. The summed E-state index contributed by atoms with van der Waals surface area (Å²) in [6.07, 6.45) is -6.66. The third-order valence-corrected chi connectivity index (χ3v) is 1.76. The first-order valence-corrected chi connectivity index (χ1v) is 4.28. The first-order chi connectivity index (χ1) is 6.58. The summed E-state index contributed by atoms with van der Waals surface area (Å²) >= 11 is 0. The maximum Gasteiger partial charge on any atom is 0.455 e. The minimum Gasteiger partial charge on any atom is -0.390 e. The number of alkyl halides is 5. The molecule has 1 atom stereocenters. The van der Waals surface area contributed by atoms with Gasteiger partial charge in [0.2, 0.25) is 0 Å². The van der Waals surface area contributed by atoms with Crippen LogP contribution < -0.4 is 0 Å². The van der Waals surface area contributed by atoms with Gasteiger partial charge in [0.25, 0.3) is 0 Å². The van der Waals surface area contributed by atoms with Crippen molar-refractivity contribution < 1.29 is 31.8 Å². The maximum atomic E-state index is 12.3. The van der Waals surface area contributed by atoms with Crippen molar-refractivity contribution in [1.82, 2.24) is 0 Å². The highest BCUT2D eigenvalue weighted by atomic mass is 19.4. The summed E-state index contributed by atoms with van der Waals surface area (Å²) in [5.74, 6) is -5.13. The van der Waals surface area contributed by atoms with Crippen molar-refractivity contribution in [3.63, 3.8) is 0 Å². The van der Waals surface area contributed by atoms with Gasteiger partial charge in [0.05, 0.1) is 12.7 Å². The molecular formula is C8H13F5O2. The zero-order valence-electron chi connectivity index (χ0n) is 8.31. The second-order valence-electron chi connectivity index (χ2n) is 3.53. The summed E-state index contributed by atoms with van der Waals surface area (Å²) in [5.41, 5.74) is 0. The van der Waals surface area contributed by atoms with Gasteiger partial charge in [0, 0.05) is 0 Å². The van der Waals surface area contributed by atoms with Crippen LogP contribution in [0.25, 0.3) is 0 Å². The average Bonchev–Trinajstić information content (AvgIpc) is 2.01. The van der Waals surface area contributed by atoms with Crippen molar-refractivity contribution in [1.29, 1.82) is 0 Å². The number of halogens is 5. The van der Waals surface area contributed by atoms with Gasteiger partial charge in [-0.05, 0) is 5.92 Å². The van der Waals surface area contributed by atoms with Crippen LogP contribution in [0.3, 0.4) is 0 Å². The van der Waals surface area contributed by atoms with E-state index in [0.717, 1.165) is 0 Å². The Morgan fingerprint density at radius 1 is 1.13 bits per heavy atom. The van der Waals surface area contributed by atoms with Crippen LogP contribution in [0.4, 0.5) is 22.0 Å². The molecular weight excluding hydrogens is 223 g/mol. The Labute approximate surface area is 84.0 Å². The van der Waals surface area contributed by atoms with E-state index in [9.17, 15) is 22.0 Å². The lowest BCUT2D eigenvalue weighted by molar-refractivity contribution is -0.298. The molecule has 0 bridgehead atoms.